The van der Waals surface area contributed by atoms with Crippen LogP contribution in [0.1, 0.15) is 33.1 Å². The number of hydrogen-bond donors (Lipinski definition) is 2. The zero-order chi connectivity index (χ0) is 21.1. The van der Waals surface area contributed by atoms with Gasteiger partial charge in [0.1, 0.15) is 0 Å². The molecular weight excluding hydrogens is 374 g/mol. The third-order valence-corrected chi connectivity index (χ3v) is 10.9. The largest absolute Gasteiger partial charge is 0.352 e. The molecule has 2 N–H and O–H groups in total. The molecule has 0 rings (SSSR count). The van der Waals surface area contributed by atoms with Crippen LogP contribution in [0, 0.1) is 0 Å². The van der Waals surface area contributed by atoms with Crippen LogP contribution in [-0.2, 0) is 9.59 Å². The summed E-state index contributed by atoms with van der Waals surface area (Å²) >= 11 is 0. The van der Waals surface area contributed by atoms with E-state index in [-0.39, 0.29) is 11.8 Å². The van der Waals surface area contributed by atoms with Gasteiger partial charge in [0.25, 0.3) is 0 Å². The Morgan fingerprint density at radius 2 is 0.963 bits per heavy atom. The highest BCUT2D eigenvalue weighted by Gasteiger charge is 2.29. The van der Waals surface area contributed by atoms with E-state index in [2.05, 4.69) is 50.5 Å². The lowest BCUT2D eigenvalue weighted by Crippen LogP contribution is -2.25. The second kappa shape index (κ2) is 12.7. The smallest absolute Gasteiger partial charge is 0.246 e. The van der Waals surface area contributed by atoms with Gasteiger partial charge in [-0.3, -0.25) is 9.59 Å². The van der Waals surface area contributed by atoms with Gasteiger partial charge in [0.2, 0.25) is 11.8 Å². The van der Waals surface area contributed by atoms with Crippen molar-refractivity contribution in [2.45, 2.75) is 33.1 Å². The molecule has 27 heavy (non-hydrogen) atoms. The quantitative estimate of drug-likeness (QED) is 0.255. The molecule has 4 nitrogen and oxygen atoms in total. The summed E-state index contributed by atoms with van der Waals surface area (Å²) in [5.74, 6) is -0.0609. The van der Waals surface area contributed by atoms with Gasteiger partial charge < -0.3 is 10.6 Å². The zero-order valence-corrected chi connectivity index (χ0v) is 20.3. The van der Waals surface area contributed by atoms with Crippen LogP contribution in [0.25, 0.3) is 0 Å². The number of hydrogen-bond acceptors (Lipinski definition) is 2. The van der Waals surface area contributed by atoms with Gasteiger partial charge in [0, 0.05) is 71.8 Å². The maximum absolute atomic E-state index is 11.5. The summed E-state index contributed by atoms with van der Waals surface area (Å²) in [7, 11) is -1.78. The molecule has 0 atom stereocenters. The van der Waals surface area contributed by atoms with Crippen LogP contribution >= 0.6 is 14.5 Å². The Bertz CT molecular complexity index is 482. The van der Waals surface area contributed by atoms with Gasteiger partial charge in [0.05, 0.1) is 24.6 Å². The SMILES string of the molecule is C=C(C)C(=O)NCCC[P+](C)(C)CCC[P+](C)(C)CCCNC(=O)C(=C)C. The van der Waals surface area contributed by atoms with E-state index in [1.165, 1.54) is 31.1 Å². The summed E-state index contributed by atoms with van der Waals surface area (Å²) in [5.41, 5.74) is 1.16. The van der Waals surface area contributed by atoms with E-state index in [0.717, 1.165) is 25.9 Å². The van der Waals surface area contributed by atoms with E-state index in [9.17, 15) is 9.59 Å². The summed E-state index contributed by atoms with van der Waals surface area (Å²) in [4.78, 5) is 23.0. The predicted molar refractivity (Wildman–Crippen MR) is 127 cm³/mol. The van der Waals surface area contributed by atoms with Crippen molar-refractivity contribution in [2.24, 2.45) is 0 Å². The van der Waals surface area contributed by atoms with Crippen molar-refractivity contribution in [2.75, 3.05) is 64.4 Å². The normalized spacial score (nSPS) is 11.8. The molecule has 0 aliphatic rings. The molecule has 0 saturated carbocycles. The van der Waals surface area contributed by atoms with Gasteiger partial charge in [-0.2, -0.15) is 0 Å². The fourth-order valence-corrected chi connectivity index (χ4v) is 7.62. The Morgan fingerprint density at radius 1 is 0.667 bits per heavy atom. The van der Waals surface area contributed by atoms with Crippen molar-refractivity contribution < 1.29 is 9.59 Å². The van der Waals surface area contributed by atoms with Crippen LogP contribution in [0.2, 0.25) is 0 Å². The minimum Gasteiger partial charge on any atom is -0.352 e. The molecule has 0 aliphatic heterocycles. The van der Waals surface area contributed by atoms with Gasteiger partial charge in [-0.05, 0) is 26.7 Å². The van der Waals surface area contributed by atoms with E-state index in [1.54, 1.807) is 13.8 Å². The fourth-order valence-electron chi connectivity index (χ4n) is 2.87. The molecule has 0 heterocycles. The summed E-state index contributed by atoms with van der Waals surface area (Å²) in [6.07, 6.45) is 8.54. The van der Waals surface area contributed by atoms with Crippen molar-refractivity contribution in [1.29, 1.82) is 0 Å². The predicted octanol–water partition coefficient (Wildman–Crippen LogP) is 4.10. The maximum atomic E-state index is 11.5. The molecule has 0 aliphatic carbocycles. The maximum Gasteiger partial charge on any atom is 0.246 e. The van der Waals surface area contributed by atoms with Crippen LogP contribution in [0.3, 0.4) is 0 Å². The standard InChI is InChI=1S/C21H40N2O2P2/c1-18(2)20(24)22-12-9-14-26(5,6)16-11-17-27(7,8)15-10-13-23-21(25)19(3)4/h1,3,9-17H2,2,4-8H3/p+2. The molecule has 0 spiro atoms. The Balaban J connectivity index is 3.98. The van der Waals surface area contributed by atoms with Crippen molar-refractivity contribution in [3.05, 3.63) is 24.3 Å². The number of carbonyl (C=O) groups is 2. The van der Waals surface area contributed by atoms with Crippen molar-refractivity contribution in [3.8, 4) is 0 Å². The Kier molecular flexibility index (Phi) is 12.3. The minimum atomic E-state index is -0.891. The molecule has 156 valence electrons. The lowest BCUT2D eigenvalue weighted by atomic mass is 10.3. The Morgan fingerprint density at radius 3 is 1.26 bits per heavy atom. The molecule has 0 fully saturated rings. The lowest BCUT2D eigenvalue weighted by molar-refractivity contribution is -0.118. The second-order valence-corrected chi connectivity index (χ2v) is 18.4. The third kappa shape index (κ3) is 14.0. The van der Waals surface area contributed by atoms with Gasteiger partial charge in [0.15, 0.2) is 0 Å². The summed E-state index contributed by atoms with van der Waals surface area (Å²) in [6.45, 7) is 22.1. The summed E-state index contributed by atoms with van der Waals surface area (Å²) in [5, 5.41) is 5.86. The number of amides is 2. The number of nitrogens with one attached hydrogen (secondary N) is 2. The van der Waals surface area contributed by atoms with Crippen LogP contribution in [-0.4, -0.2) is 76.2 Å². The Hall–Kier alpha value is -0.720. The second-order valence-electron chi connectivity index (χ2n) is 8.90. The van der Waals surface area contributed by atoms with Crippen LogP contribution in [0.5, 0.6) is 0 Å². The molecule has 0 bridgehead atoms. The first kappa shape index (κ1) is 26.3. The average molecular weight is 417 g/mol. The molecule has 0 saturated heterocycles. The molecule has 0 aromatic carbocycles. The first-order chi connectivity index (χ1) is 12.4. The van der Waals surface area contributed by atoms with E-state index >= 15 is 0 Å². The molecule has 2 amide bonds. The lowest BCUT2D eigenvalue weighted by Gasteiger charge is -2.22. The van der Waals surface area contributed by atoms with E-state index in [0.29, 0.717) is 11.1 Å². The van der Waals surface area contributed by atoms with E-state index in [1.807, 2.05) is 0 Å². The van der Waals surface area contributed by atoms with Gasteiger partial charge in [-0.15, -0.1) is 0 Å². The van der Waals surface area contributed by atoms with Crippen LogP contribution in [0.15, 0.2) is 24.3 Å². The Labute approximate surface area is 168 Å². The van der Waals surface area contributed by atoms with Gasteiger partial charge >= 0.3 is 0 Å². The summed E-state index contributed by atoms with van der Waals surface area (Å²) in [6, 6.07) is 0. The summed E-state index contributed by atoms with van der Waals surface area (Å²) < 4.78 is 0. The fraction of sp³-hybridized carbons (Fsp3) is 0.714. The van der Waals surface area contributed by atoms with Crippen LogP contribution in [0.4, 0.5) is 0 Å². The first-order valence-corrected chi connectivity index (χ1v) is 16.0. The molecule has 0 aromatic rings. The molecule has 0 radical (unpaired) electrons. The van der Waals surface area contributed by atoms with Crippen molar-refractivity contribution >= 4 is 26.3 Å². The first-order valence-electron chi connectivity index (χ1n) is 9.88. The molecule has 0 unspecified atom stereocenters. The number of rotatable bonds is 14. The average Bonchev–Trinajstić information content (AvgIpc) is 2.54. The van der Waals surface area contributed by atoms with Gasteiger partial charge in [-0.25, -0.2) is 0 Å². The highest BCUT2D eigenvalue weighted by atomic mass is 31.2. The highest BCUT2D eigenvalue weighted by Crippen LogP contribution is 2.56. The molecule has 6 heteroatoms. The third-order valence-electron chi connectivity index (χ3n) is 4.75. The monoisotopic (exact) mass is 416 g/mol. The topological polar surface area (TPSA) is 58.2 Å². The van der Waals surface area contributed by atoms with E-state index in [4.69, 9.17) is 0 Å². The highest BCUT2D eigenvalue weighted by molar-refractivity contribution is 7.75. The van der Waals surface area contributed by atoms with Crippen LogP contribution < -0.4 is 10.6 Å². The van der Waals surface area contributed by atoms with Crippen molar-refractivity contribution in [3.63, 3.8) is 0 Å². The van der Waals surface area contributed by atoms with Crippen molar-refractivity contribution in [1.82, 2.24) is 10.6 Å². The number of carbonyl (C=O) groups excluding carboxylic acids is 2. The molecular formula is C21H42N2O2P2+2. The van der Waals surface area contributed by atoms with E-state index < -0.39 is 14.5 Å². The van der Waals surface area contributed by atoms with Gasteiger partial charge in [-0.1, -0.05) is 13.2 Å². The molecule has 0 aromatic heterocycles. The zero-order valence-electron chi connectivity index (χ0n) is 18.5. The minimum absolute atomic E-state index is 0.0304.